The van der Waals surface area contributed by atoms with E-state index < -0.39 is 11.8 Å². The van der Waals surface area contributed by atoms with E-state index in [1.54, 1.807) is 12.1 Å². The van der Waals surface area contributed by atoms with E-state index in [1.165, 1.54) is 6.07 Å². The first kappa shape index (κ1) is 13.8. The number of carbonyl (C=O) groups is 2. The molecule has 4 nitrogen and oxygen atoms in total. The number of nitrogens with two attached hydrogens (primary N) is 2. The van der Waals surface area contributed by atoms with Crippen LogP contribution in [0.3, 0.4) is 0 Å². The van der Waals surface area contributed by atoms with Gasteiger partial charge in [0, 0.05) is 5.92 Å². The van der Waals surface area contributed by atoms with Crippen molar-refractivity contribution in [1.82, 2.24) is 0 Å². The summed E-state index contributed by atoms with van der Waals surface area (Å²) >= 11 is 0. The molecule has 0 aliphatic carbocycles. The lowest BCUT2D eigenvalue weighted by atomic mass is 9.87. The van der Waals surface area contributed by atoms with Crippen LogP contribution in [0.4, 0.5) is 0 Å². The Morgan fingerprint density at radius 1 is 0.900 bits per heavy atom. The highest BCUT2D eigenvalue weighted by Gasteiger charge is 2.21. The molecule has 2 rings (SSSR count). The standard InChI is InChI=1S/C16H16N2O2/c1-10(11-6-3-2-4-7-11)12-8-5-9-13(15(17)19)14(12)16(18)20/h2-10H,1H3,(H2,17,19)(H2,18,20)/t10-/m0/s1. The SMILES string of the molecule is C[C@@H](c1ccccc1)c1cccc(C(N)=O)c1C(N)=O. The van der Waals surface area contributed by atoms with Gasteiger partial charge in [-0.05, 0) is 17.2 Å². The zero-order valence-electron chi connectivity index (χ0n) is 11.2. The lowest BCUT2D eigenvalue weighted by molar-refractivity contribution is 0.0966. The van der Waals surface area contributed by atoms with Crippen molar-refractivity contribution in [3.05, 3.63) is 70.8 Å². The second-order valence-electron chi connectivity index (χ2n) is 4.63. The van der Waals surface area contributed by atoms with E-state index >= 15 is 0 Å². The molecule has 2 aromatic carbocycles. The number of primary amides is 2. The predicted octanol–water partition coefficient (Wildman–Crippen LogP) is 2.04. The van der Waals surface area contributed by atoms with E-state index in [0.29, 0.717) is 5.56 Å². The van der Waals surface area contributed by atoms with Crippen LogP contribution in [-0.2, 0) is 0 Å². The number of carbonyl (C=O) groups excluding carboxylic acids is 2. The van der Waals surface area contributed by atoms with Gasteiger partial charge in [-0.2, -0.15) is 0 Å². The van der Waals surface area contributed by atoms with Crippen molar-refractivity contribution in [3.63, 3.8) is 0 Å². The molecule has 1 atom stereocenters. The summed E-state index contributed by atoms with van der Waals surface area (Å²) in [4.78, 5) is 23.1. The van der Waals surface area contributed by atoms with Crippen molar-refractivity contribution in [3.8, 4) is 0 Å². The van der Waals surface area contributed by atoms with Gasteiger partial charge in [0.25, 0.3) is 0 Å². The molecular weight excluding hydrogens is 252 g/mol. The molecule has 0 fully saturated rings. The molecule has 0 spiro atoms. The van der Waals surface area contributed by atoms with Gasteiger partial charge in [-0.25, -0.2) is 0 Å². The van der Waals surface area contributed by atoms with Gasteiger partial charge < -0.3 is 11.5 Å². The van der Waals surface area contributed by atoms with Crippen molar-refractivity contribution in [1.29, 1.82) is 0 Å². The van der Waals surface area contributed by atoms with Crippen LogP contribution in [0.15, 0.2) is 48.5 Å². The van der Waals surface area contributed by atoms with Gasteiger partial charge >= 0.3 is 0 Å². The van der Waals surface area contributed by atoms with Crippen LogP contribution in [-0.4, -0.2) is 11.8 Å². The van der Waals surface area contributed by atoms with Gasteiger partial charge in [-0.1, -0.05) is 49.4 Å². The lowest BCUT2D eigenvalue weighted by Crippen LogP contribution is -2.23. The smallest absolute Gasteiger partial charge is 0.249 e. The molecule has 0 aromatic heterocycles. The molecular formula is C16H16N2O2. The van der Waals surface area contributed by atoms with Crippen LogP contribution in [0, 0.1) is 0 Å². The Labute approximate surface area is 117 Å². The third-order valence-corrected chi connectivity index (χ3v) is 3.37. The Morgan fingerprint density at radius 2 is 1.55 bits per heavy atom. The van der Waals surface area contributed by atoms with Crippen LogP contribution in [0.25, 0.3) is 0 Å². The number of benzene rings is 2. The van der Waals surface area contributed by atoms with Crippen molar-refractivity contribution in [2.24, 2.45) is 11.5 Å². The number of hydrogen-bond donors (Lipinski definition) is 2. The summed E-state index contributed by atoms with van der Waals surface area (Å²) in [6, 6.07) is 14.7. The Kier molecular flexibility index (Phi) is 3.84. The minimum atomic E-state index is -0.652. The summed E-state index contributed by atoms with van der Waals surface area (Å²) < 4.78 is 0. The maximum atomic E-state index is 11.7. The van der Waals surface area contributed by atoms with Crippen molar-refractivity contribution in [2.75, 3.05) is 0 Å². The molecule has 4 heteroatoms. The number of amides is 2. The van der Waals surface area contributed by atoms with Crippen LogP contribution in [0.2, 0.25) is 0 Å². The molecule has 102 valence electrons. The highest BCUT2D eigenvalue weighted by Crippen LogP contribution is 2.28. The maximum Gasteiger partial charge on any atom is 0.249 e. The Morgan fingerprint density at radius 3 is 2.10 bits per heavy atom. The van der Waals surface area contributed by atoms with Crippen molar-refractivity contribution >= 4 is 11.8 Å². The molecule has 20 heavy (non-hydrogen) atoms. The van der Waals surface area contributed by atoms with E-state index in [1.807, 2.05) is 37.3 Å². The molecule has 0 aliphatic heterocycles. The second kappa shape index (κ2) is 5.57. The van der Waals surface area contributed by atoms with E-state index in [-0.39, 0.29) is 17.0 Å². The van der Waals surface area contributed by atoms with Crippen LogP contribution < -0.4 is 11.5 Å². The largest absolute Gasteiger partial charge is 0.366 e. The van der Waals surface area contributed by atoms with Crippen LogP contribution in [0.5, 0.6) is 0 Å². The second-order valence-corrected chi connectivity index (χ2v) is 4.63. The van der Waals surface area contributed by atoms with Gasteiger partial charge in [0.2, 0.25) is 11.8 Å². The van der Waals surface area contributed by atoms with Gasteiger partial charge in [0.15, 0.2) is 0 Å². The van der Waals surface area contributed by atoms with Gasteiger partial charge in [0.05, 0.1) is 11.1 Å². The summed E-state index contributed by atoms with van der Waals surface area (Å²) in [7, 11) is 0. The average Bonchev–Trinajstić information content (AvgIpc) is 2.46. The average molecular weight is 268 g/mol. The first-order chi connectivity index (χ1) is 9.52. The molecule has 0 unspecified atom stereocenters. The third kappa shape index (κ3) is 2.54. The van der Waals surface area contributed by atoms with E-state index in [9.17, 15) is 9.59 Å². The highest BCUT2D eigenvalue weighted by atomic mass is 16.2. The minimum absolute atomic E-state index is 0.0574. The van der Waals surface area contributed by atoms with Crippen molar-refractivity contribution < 1.29 is 9.59 Å². The van der Waals surface area contributed by atoms with Gasteiger partial charge in [-0.15, -0.1) is 0 Å². The predicted molar refractivity (Wildman–Crippen MR) is 77.4 cm³/mol. The summed E-state index contributed by atoms with van der Waals surface area (Å²) in [5.74, 6) is -1.35. The Hall–Kier alpha value is -2.62. The number of rotatable bonds is 4. The minimum Gasteiger partial charge on any atom is -0.366 e. The quantitative estimate of drug-likeness (QED) is 0.889. The lowest BCUT2D eigenvalue weighted by Gasteiger charge is -2.17. The number of hydrogen-bond acceptors (Lipinski definition) is 2. The van der Waals surface area contributed by atoms with E-state index in [2.05, 4.69) is 0 Å². The maximum absolute atomic E-state index is 11.7. The first-order valence-corrected chi connectivity index (χ1v) is 6.29. The normalized spacial score (nSPS) is 11.8. The summed E-state index contributed by atoms with van der Waals surface area (Å²) in [5, 5.41) is 0. The molecule has 0 aliphatic rings. The molecule has 2 aromatic rings. The first-order valence-electron chi connectivity index (χ1n) is 6.29. The molecule has 0 heterocycles. The fourth-order valence-electron chi connectivity index (χ4n) is 2.33. The third-order valence-electron chi connectivity index (χ3n) is 3.37. The summed E-state index contributed by atoms with van der Waals surface area (Å²) in [5.41, 5.74) is 12.9. The monoisotopic (exact) mass is 268 g/mol. The van der Waals surface area contributed by atoms with Crippen molar-refractivity contribution in [2.45, 2.75) is 12.8 Å². The molecule has 0 radical (unpaired) electrons. The Balaban J connectivity index is 2.60. The van der Waals surface area contributed by atoms with E-state index in [4.69, 9.17) is 11.5 Å². The molecule has 0 bridgehead atoms. The van der Waals surface area contributed by atoms with Gasteiger partial charge in [-0.3, -0.25) is 9.59 Å². The summed E-state index contributed by atoms with van der Waals surface area (Å²) in [6.45, 7) is 1.96. The zero-order valence-corrected chi connectivity index (χ0v) is 11.2. The molecule has 0 saturated carbocycles. The highest BCUT2D eigenvalue weighted by molar-refractivity contribution is 6.07. The molecule has 0 saturated heterocycles. The van der Waals surface area contributed by atoms with E-state index in [0.717, 1.165) is 5.56 Å². The van der Waals surface area contributed by atoms with Crippen LogP contribution in [0.1, 0.15) is 44.7 Å². The van der Waals surface area contributed by atoms with Gasteiger partial charge in [0.1, 0.15) is 0 Å². The van der Waals surface area contributed by atoms with Crippen LogP contribution >= 0.6 is 0 Å². The topological polar surface area (TPSA) is 86.2 Å². The Bertz CT molecular complexity index is 651. The molecule has 2 amide bonds. The molecule has 4 N–H and O–H groups in total. The zero-order chi connectivity index (χ0) is 14.7. The fraction of sp³-hybridized carbons (Fsp3) is 0.125. The summed E-state index contributed by atoms with van der Waals surface area (Å²) in [6.07, 6.45) is 0. The fourth-order valence-corrected chi connectivity index (χ4v) is 2.33.